The van der Waals surface area contributed by atoms with Crippen LogP contribution in [0.25, 0.3) is 21.9 Å². The van der Waals surface area contributed by atoms with Crippen LogP contribution in [0.4, 0.5) is 34.1 Å². The van der Waals surface area contributed by atoms with Crippen LogP contribution in [0.1, 0.15) is 72.3 Å². The summed E-state index contributed by atoms with van der Waals surface area (Å²) in [4.78, 5) is 5.23. The van der Waals surface area contributed by atoms with Gasteiger partial charge < -0.3 is 14.2 Å². The van der Waals surface area contributed by atoms with E-state index in [0.717, 1.165) is 52.3 Å². The monoisotopic (exact) mass is 764 g/mol. The van der Waals surface area contributed by atoms with E-state index < -0.39 is 0 Å². The Labute approximate surface area is 346 Å². The van der Waals surface area contributed by atoms with Crippen LogP contribution < -0.4 is 9.80 Å². The first-order valence-corrected chi connectivity index (χ1v) is 22.2. The lowest BCUT2D eigenvalue weighted by atomic mass is 9.68. The number of rotatable bonds is 7. The Morgan fingerprint density at radius 2 is 1.07 bits per heavy atom. The molecular formula is C56H48N2O. The summed E-state index contributed by atoms with van der Waals surface area (Å²) in [5.41, 5.74) is 17.0. The Morgan fingerprint density at radius 3 is 1.76 bits per heavy atom. The maximum Gasteiger partial charge on any atom is 0.137 e. The minimum Gasteiger partial charge on any atom is -0.456 e. The molecule has 3 saturated carbocycles. The van der Waals surface area contributed by atoms with E-state index in [0.29, 0.717) is 17.8 Å². The van der Waals surface area contributed by atoms with Crippen LogP contribution >= 0.6 is 0 Å². The second kappa shape index (κ2) is 13.0. The van der Waals surface area contributed by atoms with Crippen LogP contribution in [0.15, 0.2) is 168 Å². The molecule has 7 aromatic carbocycles. The lowest BCUT2D eigenvalue weighted by molar-refractivity contribution is 0.350. The first-order chi connectivity index (χ1) is 29.2. The van der Waals surface area contributed by atoms with Crippen molar-refractivity contribution in [2.24, 2.45) is 23.7 Å². The van der Waals surface area contributed by atoms with E-state index in [1.165, 1.54) is 78.1 Å². The minimum absolute atomic E-state index is 0.108. The largest absolute Gasteiger partial charge is 0.456 e. The van der Waals surface area contributed by atoms with E-state index in [-0.39, 0.29) is 5.41 Å². The zero-order valence-electron chi connectivity index (χ0n) is 33.4. The lowest BCUT2D eigenvalue weighted by Gasteiger charge is -2.40. The average molecular weight is 765 g/mol. The van der Waals surface area contributed by atoms with Gasteiger partial charge in [-0.15, -0.1) is 0 Å². The second-order valence-electron chi connectivity index (χ2n) is 18.3. The molecule has 288 valence electrons. The third-order valence-electron chi connectivity index (χ3n) is 15.6. The fourth-order valence-electron chi connectivity index (χ4n) is 13.5. The van der Waals surface area contributed by atoms with Crippen molar-refractivity contribution < 1.29 is 4.42 Å². The number of furan rings is 1. The molecule has 59 heavy (non-hydrogen) atoms. The fraction of sp³-hybridized carbons (Fsp3) is 0.250. The molecule has 1 heterocycles. The fourth-order valence-corrected chi connectivity index (χ4v) is 13.5. The van der Waals surface area contributed by atoms with Crippen molar-refractivity contribution in [1.29, 1.82) is 0 Å². The Balaban J connectivity index is 1.04. The second-order valence-corrected chi connectivity index (χ2v) is 18.3. The van der Waals surface area contributed by atoms with Crippen molar-refractivity contribution in [3.8, 4) is 0 Å². The third-order valence-corrected chi connectivity index (χ3v) is 15.6. The highest BCUT2D eigenvalue weighted by atomic mass is 16.3. The van der Waals surface area contributed by atoms with Crippen LogP contribution in [0.5, 0.6) is 0 Å². The Kier molecular flexibility index (Phi) is 7.44. The number of para-hydroxylation sites is 4. The van der Waals surface area contributed by atoms with Crippen molar-refractivity contribution >= 4 is 56.1 Å². The molecule has 0 aliphatic heterocycles. The Morgan fingerprint density at radius 1 is 0.458 bits per heavy atom. The summed E-state index contributed by atoms with van der Waals surface area (Å²) in [7, 11) is 0. The van der Waals surface area contributed by atoms with Crippen LogP contribution in [-0.2, 0) is 18.3 Å². The summed E-state index contributed by atoms with van der Waals surface area (Å²) in [6.45, 7) is 0. The molecule has 3 heteroatoms. The normalized spacial score (nSPS) is 24.6. The summed E-state index contributed by atoms with van der Waals surface area (Å²) in [6.07, 6.45) is 10.3. The van der Waals surface area contributed by atoms with E-state index in [9.17, 15) is 0 Å². The van der Waals surface area contributed by atoms with Crippen LogP contribution in [-0.4, -0.2) is 0 Å². The van der Waals surface area contributed by atoms with Gasteiger partial charge in [-0.1, -0.05) is 103 Å². The van der Waals surface area contributed by atoms with E-state index in [1.807, 2.05) is 0 Å². The third kappa shape index (κ3) is 4.88. The van der Waals surface area contributed by atoms with Crippen molar-refractivity contribution in [3.63, 3.8) is 0 Å². The quantitative estimate of drug-likeness (QED) is 0.161. The molecule has 1 spiro atoms. The molecule has 1 aromatic heterocycles. The van der Waals surface area contributed by atoms with Crippen molar-refractivity contribution in [2.45, 2.75) is 62.7 Å². The van der Waals surface area contributed by atoms with Crippen molar-refractivity contribution in [2.75, 3.05) is 9.80 Å². The Hall–Kier alpha value is -6.06. The molecule has 0 amide bonds. The summed E-state index contributed by atoms with van der Waals surface area (Å²) < 4.78 is 6.55. The number of hydrogen-bond donors (Lipinski definition) is 0. The summed E-state index contributed by atoms with van der Waals surface area (Å²) in [6, 6.07) is 61.6. The topological polar surface area (TPSA) is 19.6 Å². The molecule has 0 N–H and O–H groups in total. The van der Waals surface area contributed by atoms with Crippen LogP contribution in [0.2, 0.25) is 0 Å². The molecule has 5 aliphatic carbocycles. The zero-order valence-corrected chi connectivity index (χ0v) is 33.4. The SMILES string of the molecule is c1ccc(N(c2ccc3c(c2)oc2ccccc23)c2cccc3c2C24c5c(cccc5N(c5ccccc5)c5ccccc5C5CC6CCC5C6)CC2CCC4C3)cc1. The maximum absolute atomic E-state index is 6.55. The van der Waals surface area contributed by atoms with E-state index in [2.05, 4.69) is 174 Å². The highest BCUT2D eigenvalue weighted by Gasteiger charge is 2.62. The highest BCUT2D eigenvalue weighted by Crippen LogP contribution is 2.69. The Bertz CT molecular complexity index is 2900. The molecule has 0 saturated heterocycles. The van der Waals surface area contributed by atoms with Gasteiger partial charge in [0.2, 0.25) is 0 Å². The van der Waals surface area contributed by atoms with Gasteiger partial charge in [-0.05, 0) is 163 Å². The van der Waals surface area contributed by atoms with Gasteiger partial charge in [0.25, 0.3) is 0 Å². The predicted molar refractivity (Wildman–Crippen MR) is 242 cm³/mol. The number of hydrogen-bond acceptors (Lipinski definition) is 3. The first kappa shape index (κ1) is 33.9. The number of benzene rings is 7. The molecular weight excluding hydrogens is 717 g/mol. The van der Waals surface area contributed by atoms with Crippen molar-refractivity contribution in [1.82, 2.24) is 0 Å². The number of fused-ring (bicyclic) bond motifs is 7. The van der Waals surface area contributed by atoms with Gasteiger partial charge in [0, 0.05) is 45.0 Å². The molecule has 2 bridgehead atoms. The molecule has 0 radical (unpaired) electrons. The van der Waals surface area contributed by atoms with E-state index in [4.69, 9.17) is 4.42 Å². The number of nitrogens with zero attached hydrogens (tertiary/aromatic N) is 2. The van der Waals surface area contributed by atoms with Crippen LogP contribution in [0, 0.1) is 23.7 Å². The highest BCUT2D eigenvalue weighted by molar-refractivity contribution is 6.06. The van der Waals surface area contributed by atoms with Gasteiger partial charge in [-0.2, -0.15) is 0 Å². The van der Waals surface area contributed by atoms with Gasteiger partial charge in [0.05, 0.1) is 11.4 Å². The minimum atomic E-state index is -0.108. The smallest absolute Gasteiger partial charge is 0.137 e. The summed E-state index contributed by atoms with van der Waals surface area (Å²) >= 11 is 0. The van der Waals surface area contributed by atoms with E-state index >= 15 is 0 Å². The average Bonchev–Trinajstić information content (AvgIpc) is 4.15. The molecule has 6 atom stereocenters. The molecule has 13 rings (SSSR count). The van der Waals surface area contributed by atoms with Gasteiger partial charge in [-0.25, -0.2) is 0 Å². The molecule has 3 nitrogen and oxygen atoms in total. The van der Waals surface area contributed by atoms with Gasteiger partial charge in [0.15, 0.2) is 0 Å². The first-order valence-electron chi connectivity index (χ1n) is 22.2. The number of anilines is 6. The van der Waals surface area contributed by atoms with Gasteiger partial charge >= 0.3 is 0 Å². The molecule has 3 fully saturated rings. The molecule has 6 unspecified atom stereocenters. The molecule has 5 aliphatic rings. The van der Waals surface area contributed by atoms with Crippen molar-refractivity contribution in [3.05, 3.63) is 192 Å². The maximum atomic E-state index is 6.55. The summed E-state index contributed by atoms with van der Waals surface area (Å²) in [5, 5.41) is 2.32. The zero-order chi connectivity index (χ0) is 38.7. The predicted octanol–water partition coefficient (Wildman–Crippen LogP) is 14.9. The lowest BCUT2D eigenvalue weighted by Crippen LogP contribution is -2.34. The van der Waals surface area contributed by atoms with Crippen LogP contribution in [0.3, 0.4) is 0 Å². The standard InChI is InChI=1S/C56H48N2O/c1-3-15-42(16-4-1)57(44-29-30-47-46-20-8-10-24-52(46)59-53(47)35-44)50-22-11-13-38-33-40-27-28-41-34-39-14-12-23-51(55(39)56(40,41)54(38)50)58(43-17-5-2-6-18-43)49-21-9-7-19-45(49)48-32-36-25-26-37(48)31-36/h1-24,29-30,35-37,40-41,48H,25-28,31-34H2. The van der Waals surface area contributed by atoms with Gasteiger partial charge in [-0.3, -0.25) is 0 Å². The molecule has 8 aromatic rings. The summed E-state index contributed by atoms with van der Waals surface area (Å²) in [5.74, 6) is 3.39. The van der Waals surface area contributed by atoms with Gasteiger partial charge in [0.1, 0.15) is 11.2 Å². The van der Waals surface area contributed by atoms with E-state index in [1.54, 1.807) is 16.7 Å².